The maximum absolute atomic E-state index is 11.1. The average molecular weight is 309 g/mol. The van der Waals surface area contributed by atoms with Crippen molar-refractivity contribution in [1.82, 2.24) is 5.32 Å². The fourth-order valence-corrected chi connectivity index (χ4v) is 1.91. The van der Waals surface area contributed by atoms with Crippen molar-refractivity contribution in [3.8, 4) is 5.75 Å². The summed E-state index contributed by atoms with van der Waals surface area (Å²) in [6.45, 7) is 8.16. The van der Waals surface area contributed by atoms with Crippen LogP contribution in [0.5, 0.6) is 5.75 Å². The van der Waals surface area contributed by atoms with Gasteiger partial charge in [0.15, 0.2) is 0 Å². The minimum atomic E-state index is -0.811. The molecule has 0 bridgehead atoms. The highest BCUT2D eigenvalue weighted by Crippen LogP contribution is 2.23. The Hall–Kier alpha value is -1.59. The summed E-state index contributed by atoms with van der Waals surface area (Å²) in [7, 11) is 0. The maximum Gasteiger partial charge on any atom is 0.309 e. The first-order chi connectivity index (χ1) is 10.2. The molecule has 0 saturated heterocycles. The first-order valence-electron chi connectivity index (χ1n) is 7.57. The third-order valence-corrected chi connectivity index (χ3v) is 3.35. The molecule has 0 spiro atoms. The van der Waals surface area contributed by atoms with Crippen LogP contribution < -0.4 is 10.1 Å². The Labute approximate surface area is 132 Å². The molecule has 124 valence electrons. The molecular weight excluding hydrogens is 282 g/mol. The van der Waals surface area contributed by atoms with Gasteiger partial charge in [0.2, 0.25) is 0 Å². The molecule has 0 aliphatic carbocycles. The van der Waals surface area contributed by atoms with Crippen molar-refractivity contribution in [1.29, 1.82) is 0 Å². The molecule has 0 amide bonds. The van der Waals surface area contributed by atoms with Gasteiger partial charge in [-0.1, -0.05) is 26.0 Å². The van der Waals surface area contributed by atoms with E-state index in [9.17, 15) is 9.90 Å². The van der Waals surface area contributed by atoms with Gasteiger partial charge in [-0.15, -0.1) is 0 Å². The van der Waals surface area contributed by atoms with Crippen LogP contribution in [0.1, 0.15) is 33.3 Å². The minimum Gasteiger partial charge on any atom is -0.491 e. The van der Waals surface area contributed by atoms with Crippen LogP contribution in [0.25, 0.3) is 0 Å². The number of nitrogens with one attached hydrogen (secondary N) is 1. The van der Waals surface area contributed by atoms with Crippen molar-refractivity contribution in [2.24, 2.45) is 5.41 Å². The van der Waals surface area contributed by atoms with Crippen LogP contribution in [0.4, 0.5) is 0 Å². The molecule has 1 atom stereocenters. The molecule has 5 heteroatoms. The Morgan fingerprint density at radius 1 is 1.27 bits per heavy atom. The quantitative estimate of drug-likeness (QED) is 0.651. The number of aliphatic hydroxyl groups is 1. The monoisotopic (exact) mass is 309 g/mol. The Balaban J connectivity index is 2.47. The van der Waals surface area contributed by atoms with Gasteiger partial charge in [-0.25, -0.2) is 0 Å². The molecule has 1 aromatic rings. The van der Waals surface area contributed by atoms with E-state index in [2.05, 4.69) is 5.32 Å². The van der Waals surface area contributed by atoms with E-state index >= 15 is 0 Å². The van der Waals surface area contributed by atoms with E-state index in [1.54, 1.807) is 26.0 Å². The maximum atomic E-state index is 11.1. The first kappa shape index (κ1) is 18.5. The van der Waals surface area contributed by atoms with Crippen LogP contribution >= 0.6 is 0 Å². The van der Waals surface area contributed by atoms with Gasteiger partial charge >= 0.3 is 5.97 Å². The molecule has 0 aliphatic heterocycles. The van der Waals surface area contributed by atoms with Crippen molar-refractivity contribution in [3.63, 3.8) is 0 Å². The van der Waals surface area contributed by atoms with Gasteiger partial charge in [0.05, 0.1) is 5.41 Å². The summed E-state index contributed by atoms with van der Waals surface area (Å²) in [6, 6.07) is 7.65. The van der Waals surface area contributed by atoms with Gasteiger partial charge in [-0.2, -0.15) is 0 Å². The van der Waals surface area contributed by atoms with Crippen molar-refractivity contribution >= 4 is 5.97 Å². The number of hydrogen-bond donors (Lipinski definition) is 3. The van der Waals surface area contributed by atoms with E-state index in [0.717, 1.165) is 5.56 Å². The summed E-state index contributed by atoms with van der Waals surface area (Å²) in [5.41, 5.74) is 0.155. The highest BCUT2D eigenvalue weighted by atomic mass is 16.5. The molecule has 0 fully saturated rings. The number of aliphatic carboxylic acids is 1. The lowest BCUT2D eigenvalue weighted by Crippen LogP contribution is -2.35. The molecule has 1 unspecified atom stereocenters. The normalized spacial score (nSPS) is 13.2. The molecular formula is C17H27NO4. The molecule has 3 N–H and O–H groups in total. The van der Waals surface area contributed by atoms with E-state index < -0.39 is 17.5 Å². The summed E-state index contributed by atoms with van der Waals surface area (Å²) in [6.07, 6.45) is -0.100. The highest BCUT2D eigenvalue weighted by molar-refractivity contribution is 5.74. The Bertz CT molecular complexity index is 468. The van der Waals surface area contributed by atoms with Crippen molar-refractivity contribution in [2.45, 2.75) is 46.3 Å². The van der Waals surface area contributed by atoms with Crippen LogP contribution in [0.15, 0.2) is 24.3 Å². The molecule has 0 heterocycles. The zero-order valence-corrected chi connectivity index (χ0v) is 13.8. The third-order valence-electron chi connectivity index (χ3n) is 3.35. The standard InChI is InChI=1S/C17H27NO4/c1-12(2)18-10-14(19)11-22-15-7-5-13(6-8-15)9-17(3,4)16(20)21/h5-8,12,14,18-19H,9-11H2,1-4H3,(H,20,21). The predicted octanol–water partition coefficient (Wildman–Crippen LogP) is 2.08. The van der Waals surface area contributed by atoms with E-state index in [-0.39, 0.29) is 6.61 Å². The molecule has 0 radical (unpaired) electrons. The smallest absolute Gasteiger partial charge is 0.309 e. The van der Waals surface area contributed by atoms with E-state index in [1.165, 1.54) is 0 Å². The lowest BCUT2D eigenvalue weighted by Gasteiger charge is -2.19. The Morgan fingerprint density at radius 3 is 2.36 bits per heavy atom. The number of hydrogen-bond acceptors (Lipinski definition) is 4. The largest absolute Gasteiger partial charge is 0.491 e. The van der Waals surface area contributed by atoms with Gasteiger partial charge in [0, 0.05) is 12.6 Å². The van der Waals surface area contributed by atoms with E-state index in [0.29, 0.717) is 24.8 Å². The molecule has 22 heavy (non-hydrogen) atoms. The number of carboxylic acid groups (broad SMARTS) is 1. The van der Waals surface area contributed by atoms with Crippen molar-refractivity contribution in [2.75, 3.05) is 13.2 Å². The summed E-state index contributed by atoms with van der Waals surface area (Å²) < 4.78 is 5.53. The van der Waals surface area contributed by atoms with Crippen LogP contribution in [0.2, 0.25) is 0 Å². The van der Waals surface area contributed by atoms with Crippen molar-refractivity contribution < 1.29 is 19.7 Å². The minimum absolute atomic E-state index is 0.222. The molecule has 1 rings (SSSR count). The lowest BCUT2D eigenvalue weighted by molar-refractivity contribution is -0.146. The second-order valence-electron chi connectivity index (χ2n) is 6.54. The van der Waals surface area contributed by atoms with Gasteiger partial charge in [-0.05, 0) is 38.0 Å². The number of rotatable bonds is 9. The zero-order chi connectivity index (χ0) is 16.8. The average Bonchev–Trinajstić information content (AvgIpc) is 2.43. The fraction of sp³-hybridized carbons (Fsp3) is 0.588. The number of aliphatic hydroxyl groups excluding tert-OH is 1. The summed E-state index contributed by atoms with van der Waals surface area (Å²) in [4.78, 5) is 11.1. The predicted molar refractivity (Wildman–Crippen MR) is 86.2 cm³/mol. The van der Waals surface area contributed by atoms with Gasteiger partial charge in [0.1, 0.15) is 18.5 Å². The lowest BCUT2D eigenvalue weighted by atomic mass is 9.86. The van der Waals surface area contributed by atoms with Gasteiger partial charge < -0.3 is 20.3 Å². The molecule has 1 aromatic carbocycles. The van der Waals surface area contributed by atoms with Gasteiger partial charge in [-0.3, -0.25) is 4.79 Å². The third kappa shape index (κ3) is 6.45. The molecule has 5 nitrogen and oxygen atoms in total. The first-order valence-corrected chi connectivity index (χ1v) is 7.57. The topological polar surface area (TPSA) is 78.8 Å². The molecule has 0 saturated carbocycles. The van der Waals surface area contributed by atoms with Gasteiger partial charge in [0.25, 0.3) is 0 Å². The number of benzene rings is 1. The second-order valence-corrected chi connectivity index (χ2v) is 6.54. The highest BCUT2D eigenvalue weighted by Gasteiger charge is 2.27. The zero-order valence-electron chi connectivity index (χ0n) is 13.8. The van der Waals surface area contributed by atoms with Crippen LogP contribution in [0.3, 0.4) is 0 Å². The summed E-state index contributed by atoms with van der Waals surface area (Å²) >= 11 is 0. The SMILES string of the molecule is CC(C)NCC(O)COc1ccc(CC(C)(C)C(=O)O)cc1. The summed E-state index contributed by atoms with van der Waals surface area (Å²) in [5.74, 6) is -0.144. The van der Waals surface area contributed by atoms with Crippen LogP contribution in [-0.4, -0.2) is 41.5 Å². The Kier molecular flexibility index (Phi) is 6.84. The number of carboxylic acids is 1. The molecule has 0 aromatic heterocycles. The van der Waals surface area contributed by atoms with Crippen LogP contribution in [0, 0.1) is 5.41 Å². The Morgan fingerprint density at radius 2 is 1.86 bits per heavy atom. The van der Waals surface area contributed by atoms with E-state index in [4.69, 9.17) is 9.84 Å². The number of ether oxygens (including phenoxy) is 1. The van der Waals surface area contributed by atoms with Crippen molar-refractivity contribution in [3.05, 3.63) is 29.8 Å². The van der Waals surface area contributed by atoms with E-state index in [1.807, 2.05) is 26.0 Å². The van der Waals surface area contributed by atoms with Crippen LogP contribution in [-0.2, 0) is 11.2 Å². The fourth-order valence-electron chi connectivity index (χ4n) is 1.91. The second kappa shape index (κ2) is 8.15. The molecule has 0 aliphatic rings. The summed E-state index contributed by atoms with van der Waals surface area (Å²) in [5, 5.41) is 22.1. The number of carbonyl (C=O) groups is 1.